The van der Waals surface area contributed by atoms with Gasteiger partial charge in [0.15, 0.2) is 5.11 Å². The Bertz CT molecular complexity index is 476. The van der Waals surface area contributed by atoms with Crippen LogP contribution in [0.4, 0.5) is 5.69 Å². The summed E-state index contributed by atoms with van der Waals surface area (Å²) in [5, 5.41) is 7.38. The van der Waals surface area contributed by atoms with Gasteiger partial charge in [-0.15, -0.1) is 0 Å². The van der Waals surface area contributed by atoms with Crippen molar-refractivity contribution in [1.29, 1.82) is 0 Å². The SMILES string of the molecule is CC[C@H]1CN2CC[C@H]1C[C@@H]2CNC(=S)Nc1ccccc1. The number of hydrogen-bond acceptors (Lipinski definition) is 2. The van der Waals surface area contributed by atoms with Gasteiger partial charge in [0.25, 0.3) is 0 Å². The summed E-state index contributed by atoms with van der Waals surface area (Å²) in [6, 6.07) is 10.8. The second kappa shape index (κ2) is 6.75. The van der Waals surface area contributed by atoms with E-state index >= 15 is 0 Å². The molecule has 3 saturated heterocycles. The van der Waals surface area contributed by atoms with Gasteiger partial charge in [0.2, 0.25) is 0 Å². The van der Waals surface area contributed by atoms with Gasteiger partial charge in [0, 0.05) is 24.8 Å². The fraction of sp³-hybridized carbons (Fsp3) is 0.588. The summed E-state index contributed by atoms with van der Waals surface area (Å²) < 4.78 is 0. The largest absolute Gasteiger partial charge is 0.361 e. The van der Waals surface area contributed by atoms with Crippen molar-refractivity contribution in [2.75, 3.05) is 25.0 Å². The van der Waals surface area contributed by atoms with Gasteiger partial charge in [0.1, 0.15) is 0 Å². The van der Waals surface area contributed by atoms with Crippen molar-refractivity contribution < 1.29 is 0 Å². The number of hydrogen-bond donors (Lipinski definition) is 2. The third kappa shape index (κ3) is 3.55. The maximum absolute atomic E-state index is 5.40. The molecule has 0 spiro atoms. The van der Waals surface area contributed by atoms with E-state index in [0.29, 0.717) is 6.04 Å². The fourth-order valence-electron chi connectivity index (χ4n) is 3.83. The lowest BCUT2D eigenvalue weighted by Gasteiger charge is -2.50. The van der Waals surface area contributed by atoms with Crippen LogP contribution in [0.15, 0.2) is 30.3 Å². The van der Waals surface area contributed by atoms with Gasteiger partial charge in [-0.3, -0.25) is 4.90 Å². The molecule has 2 N–H and O–H groups in total. The summed E-state index contributed by atoms with van der Waals surface area (Å²) in [5.41, 5.74) is 1.05. The van der Waals surface area contributed by atoms with Crippen molar-refractivity contribution >= 4 is 23.0 Å². The van der Waals surface area contributed by atoms with Crippen molar-refractivity contribution in [2.24, 2.45) is 11.8 Å². The second-order valence-corrected chi connectivity index (χ2v) is 6.71. The Morgan fingerprint density at radius 1 is 1.33 bits per heavy atom. The Morgan fingerprint density at radius 2 is 2.14 bits per heavy atom. The van der Waals surface area contributed by atoms with E-state index in [9.17, 15) is 0 Å². The monoisotopic (exact) mass is 303 g/mol. The van der Waals surface area contributed by atoms with E-state index in [1.165, 1.54) is 32.4 Å². The van der Waals surface area contributed by atoms with Gasteiger partial charge in [0.05, 0.1) is 0 Å². The molecule has 4 heteroatoms. The predicted molar refractivity (Wildman–Crippen MR) is 92.5 cm³/mol. The van der Waals surface area contributed by atoms with Crippen LogP contribution in [0.5, 0.6) is 0 Å². The maximum Gasteiger partial charge on any atom is 0.170 e. The Balaban J connectivity index is 1.47. The number of nitrogens with one attached hydrogen (secondary N) is 2. The van der Waals surface area contributed by atoms with Gasteiger partial charge in [-0.2, -0.15) is 0 Å². The highest BCUT2D eigenvalue weighted by Crippen LogP contribution is 2.37. The molecule has 4 atom stereocenters. The van der Waals surface area contributed by atoms with E-state index in [4.69, 9.17) is 12.2 Å². The van der Waals surface area contributed by atoms with Crippen LogP contribution in [0.2, 0.25) is 0 Å². The zero-order chi connectivity index (χ0) is 14.7. The van der Waals surface area contributed by atoms with Crippen LogP contribution < -0.4 is 10.6 Å². The van der Waals surface area contributed by atoms with Crippen LogP contribution in [0.25, 0.3) is 0 Å². The van der Waals surface area contributed by atoms with Gasteiger partial charge in [-0.05, 0) is 55.6 Å². The topological polar surface area (TPSA) is 27.3 Å². The van der Waals surface area contributed by atoms with E-state index in [1.54, 1.807) is 0 Å². The standard InChI is InChI=1S/C17H25N3S/c1-2-13-12-20-9-8-14(13)10-16(20)11-18-17(21)19-15-6-4-3-5-7-15/h3-7,13-14,16H,2,8-12H2,1H3,(H2,18,19,21)/t13-,14-,16+/m0/s1. The molecule has 3 aliphatic rings. The minimum Gasteiger partial charge on any atom is -0.361 e. The van der Waals surface area contributed by atoms with Crippen LogP contribution in [-0.4, -0.2) is 35.7 Å². The van der Waals surface area contributed by atoms with E-state index in [2.05, 4.69) is 22.5 Å². The maximum atomic E-state index is 5.40. The molecule has 1 aromatic carbocycles. The lowest BCUT2D eigenvalue weighted by Crippen LogP contribution is -2.56. The van der Waals surface area contributed by atoms with E-state index in [-0.39, 0.29) is 0 Å². The third-order valence-corrected chi connectivity index (χ3v) is 5.31. The zero-order valence-electron chi connectivity index (χ0n) is 12.7. The van der Waals surface area contributed by atoms with Gasteiger partial charge < -0.3 is 10.6 Å². The quantitative estimate of drug-likeness (QED) is 0.836. The Morgan fingerprint density at radius 3 is 2.81 bits per heavy atom. The molecule has 0 aliphatic carbocycles. The fourth-order valence-corrected chi connectivity index (χ4v) is 4.03. The Kier molecular flexibility index (Phi) is 4.76. The number of nitrogens with zero attached hydrogens (tertiary/aromatic N) is 1. The van der Waals surface area contributed by atoms with Crippen LogP contribution in [0.3, 0.4) is 0 Å². The molecule has 2 bridgehead atoms. The first-order valence-corrected chi connectivity index (χ1v) is 8.51. The van der Waals surface area contributed by atoms with Crippen LogP contribution >= 0.6 is 12.2 Å². The highest BCUT2D eigenvalue weighted by molar-refractivity contribution is 7.80. The molecule has 21 heavy (non-hydrogen) atoms. The number of rotatable bonds is 4. The third-order valence-electron chi connectivity index (χ3n) is 5.07. The van der Waals surface area contributed by atoms with Crippen molar-refractivity contribution in [2.45, 2.75) is 32.2 Å². The molecule has 3 aliphatic heterocycles. The summed E-state index contributed by atoms with van der Waals surface area (Å²) in [6.45, 7) is 5.85. The lowest BCUT2D eigenvalue weighted by atomic mass is 9.74. The van der Waals surface area contributed by atoms with Crippen molar-refractivity contribution in [3.63, 3.8) is 0 Å². The molecular weight excluding hydrogens is 278 g/mol. The number of anilines is 1. The Labute approximate surface area is 133 Å². The second-order valence-electron chi connectivity index (χ2n) is 6.30. The van der Waals surface area contributed by atoms with E-state index in [0.717, 1.165) is 29.2 Å². The molecule has 0 amide bonds. The van der Waals surface area contributed by atoms with Gasteiger partial charge in [-0.1, -0.05) is 31.5 Å². The smallest absolute Gasteiger partial charge is 0.170 e. The normalized spacial score (nSPS) is 30.9. The number of piperidine rings is 3. The van der Waals surface area contributed by atoms with Crippen LogP contribution in [0, 0.1) is 11.8 Å². The van der Waals surface area contributed by atoms with E-state index in [1.807, 2.05) is 30.3 Å². The summed E-state index contributed by atoms with van der Waals surface area (Å²) in [4.78, 5) is 2.66. The molecule has 0 saturated carbocycles. The molecule has 0 aromatic heterocycles. The van der Waals surface area contributed by atoms with Gasteiger partial charge in [-0.25, -0.2) is 0 Å². The number of benzene rings is 1. The van der Waals surface area contributed by atoms with Crippen LogP contribution in [-0.2, 0) is 0 Å². The first-order chi connectivity index (χ1) is 10.3. The average Bonchev–Trinajstić information content (AvgIpc) is 2.54. The zero-order valence-corrected chi connectivity index (χ0v) is 13.5. The molecule has 4 rings (SSSR count). The minimum atomic E-state index is 0.655. The summed E-state index contributed by atoms with van der Waals surface area (Å²) in [6.07, 6.45) is 4.05. The molecule has 3 heterocycles. The number of thiocarbonyl (C=S) groups is 1. The van der Waals surface area contributed by atoms with Gasteiger partial charge >= 0.3 is 0 Å². The lowest BCUT2D eigenvalue weighted by molar-refractivity contribution is 0.00212. The number of fused-ring (bicyclic) bond motifs is 3. The highest BCUT2D eigenvalue weighted by Gasteiger charge is 2.38. The molecule has 3 fully saturated rings. The van der Waals surface area contributed by atoms with Crippen LogP contribution in [0.1, 0.15) is 26.2 Å². The van der Waals surface area contributed by atoms with Crippen molar-refractivity contribution in [1.82, 2.24) is 10.2 Å². The molecular formula is C17H25N3S. The van der Waals surface area contributed by atoms with E-state index < -0.39 is 0 Å². The molecule has 1 aromatic rings. The molecule has 3 nitrogen and oxygen atoms in total. The molecule has 0 radical (unpaired) electrons. The highest BCUT2D eigenvalue weighted by atomic mass is 32.1. The summed E-state index contributed by atoms with van der Waals surface area (Å²) in [7, 11) is 0. The van der Waals surface area contributed by atoms with Crippen molar-refractivity contribution in [3.05, 3.63) is 30.3 Å². The first kappa shape index (κ1) is 14.8. The Hall–Kier alpha value is -1.13. The first-order valence-electron chi connectivity index (χ1n) is 8.10. The number of para-hydroxylation sites is 1. The predicted octanol–water partition coefficient (Wildman–Crippen LogP) is 3.09. The summed E-state index contributed by atoms with van der Waals surface area (Å²) >= 11 is 5.40. The molecule has 1 unspecified atom stereocenters. The molecule has 114 valence electrons. The van der Waals surface area contributed by atoms with Crippen molar-refractivity contribution in [3.8, 4) is 0 Å². The summed E-state index contributed by atoms with van der Waals surface area (Å²) in [5.74, 6) is 1.85. The average molecular weight is 303 g/mol. The minimum absolute atomic E-state index is 0.655.